The maximum atomic E-state index is 13.5. The number of carbonyl (C=O) groups is 2. The normalized spacial score (nSPS) is 27.3. The molecule has 1 aliphatic carbocycles. The third kappa shape index (κ3) is 3.42. The quantitative estimate of drug-likeness (QED) is 0.611. The molecule has 3 atom stereocenters. The van der Waals surface area contributed by atoms with Gasteiger partial charge in [0.25, 0.3) is 0 Å². The van der Waals surface area contributed by atoms with Crippen molar-refractivity contribution in [2.45, 2.75) is 51.1 Å². The first kappa shape index (κ1) is 20.5. The maximum absolute atomic E-state index is 13.5. The minimum Gasteiger partial charge on any atom is -0.294 e. The number of rotatable bonds is 2. The van der Waals surface area contributed by atoms with E-state index in [1.807, 2.05) is 35.4 Å². The maximum Gasteiger partial charge on any atom is 0.238 e. The van der Waals surface area contributed by atoms with E-state index in [0.717, 1.165) is 16.7 Å². The molecule has 5 heteroatoms. The van der Waals surface area contributed by atoms with Gasteiger partial charge in [-0.05, 0) is 52.3 Å². The van der Waals surface area contributed by atoms with Crippen LogP contribution >= 0.6 is 11.6 Å². The Hall–Kier alpha value is -2.43. The zero-order chi connectivity index (χ0) is 21.9. The highest BCUT2D eigenvalue weighted by Gasteiger charge is 2.59. The molecule has 160 valence electrons. The molecule has 0 N–H and O–H groups in total. The summed E-state index contributed by atoms with van der Waals surface area (Å²) in [7, 11) is 0. The van der Waals surface area contributed by atoms with E-state index in [9.17, 15) is 9.59 Å². The van der Waals surface area contributed by atoms with Crippen molar-refractivity contribution in [3.8, 4) is 0 Å². The highest BCUT2D eigenvalue weighted by molar-refractivity contribution is 6.30. The van der Waals surface area contributed by atoms with Crippen LogP contribution in [-0.2, 0) is 15.0 Å². The van der Waals surface area contributed by atoms with Crippen LogP contribution in [0.5, 0.6) is 0 Å². The van der Waals surface area contributed by atoms with Crippen LogP contribution in [0.2, 0.25) is 5.02 Å². The lowest BCUT2D eigenvalue weighted by molar-refractivity contribution is -0.138. The number of hydrogen-bond acceptors (Lipinski definition) is 3. The summed E-state index contributed by atoms with van der Waals surface area (Å²) >= 11 is 6.09. The Balaban J connectivity index is 1.49. The average molecular weight is 435 g/mol. The fourth-order valence-corrected chi connectivity index (χ4v) is 5.42. The van der Waals surface area contributed by atoms with E-state index in [2.05, 4.69) is 50.0 Å². The number of hydrogen-bond donors (Lipinski definition) is 0. The van der Waals surface area contributed by atoms with Crippen LogP contribution in [0.1, 0.15) is 56.3 Å². The van der Waals surface area contributed by atoms with Crippen LogP contribution in [0.4, 0.5) is 0 Å². The molecule has 2 aromatic carbocycles. The van der Waals surface area contributed by atoms with Gasteiger partial charge in [0, 0.05) is 18.0 Å². The van der Waals surface area contributed by atoms with Crippen molar-refractivity contribution in [1.82, 2.24) is 10.0 Å². The molecule has 1 saturated carbocycles. The number of ketones is 1. The van der Waals surface area contributed by atoms with Gasteiger partial charge in [0.05, 0.1) is 18.0 Å². The van der Waals surface area contributed by atoms with Crippen LogP contribution in [-0.4, -0.2) is 34.3 Å². The second-order valence-electron chi connectivity index (χ2n) is 9.85. The molecule has 4 nitrogen and oxygen atoms in total. The van der Waals surface area contributed by atoms with Crippen LogP contribution in [0, 0.1) is 5.92 Å². The second-order valence-corrected chi connectivity index (χ2v) is 10.3. The standard InChI is InChI=1S/C26H27ClN2O2/c1-26(2,3)19-8-4-16(5-9-19)14-18-15-21-23(25(18)31)24(17-6-10-20(27)11-7-17)28-13-12-22(30)29(21)28/h4-11,14,21,23-24H,12-13,15H2,1-3H3. The van der Waals surface area contributed by atoms with Gasteiger partial charge in [-0.2, -0.15) is 0 Å². The van der Waals surface area contributed by atoms with E-state index in [1.54, 1.807) is 0 Å². The van der Waals surface area contributed by atoms with Gasteiger partial charge in [0.1, 0.15) is 0 Å². The van der Waals surface area contributed by atoms with Crippen LogP contribution in [0.25, 0.3) is 6.08 Å². The van der Waals surface area contributed by atoms with E-state index in [1.165, 1.54) is 5.56 Å². The summed E-state index contributed by atoms with van der Waals surface area (Å²) in [6.45, 7) is 7.24. The van der Waals surface area contributed by atoms with E-state index in [-0.39, 0.29) is 35.1 Å². The first-order valence-electron chi connectivity index (χ1n) is 10.9. The largest absolute Gasteiger partial charge is 0.294 e. The number of Topliss-reactive ketones (excluding diaryl/α,β-unsaturated/α-hetero) is 1. The molecule has 0 radical (unpaired) electrons. The Morgan fingerprint density at radius 1 is 1.00 bits per heavy atom. The van der Waals surface area contributed by atoms with Gasteiger partial charge in [-0.25, -0.2) is 5.01 Å². The zero-order valence-electron chi connectivity index (χ0n) is 18.1. The van der Waals surface area contributed by atoms with Gasteiger partial charge in [-0.3, -0.25) is 14.6 Å². The van der Waals surface area contributed by atoms with Crippen LogP contribution in [0.3, 0.4) is 0 Å². The summed E-state index contributed by atoms with van der Waals surface area (Å²) < 4.78 is 0. The SMILES string of the molecule is CC(C)(C)c1ccc(C=C2CC3C(C2=O)C(c2ccc(Cl)cc2)N2CCC(=O)N32)cc1. The first-order valence-corrected chi connectivity index (χ1v) is 11.3. The van der Waals surface area contributed by atoms with Crippen molar-refractivity contribution >= 4 is 29.4 Å². The van der Waals surface area contributed by atoms with Crippen molar-refractivity contribution in [1.29, 1.82) is 0 Å². The Morgan fingerprint density at radius 2 is 1.68 bits per heavy atom. The molecule has 2 aromatic rings. The van der Waals surface area contributed by atoms with E-state index in [0.29, 0.717) is 24.4 Å². The molecule has 0 bridgehead atoms. The van der Waals surface area contributed by atoms with Gasteiger partial charge in [-0.15, -0.1) is 0 Å². The molecule has 2 saturated heterocycles. The molecule has 0 spiro atoms. The molecular weight excluding hydrogens is 408 g/mol. The van der Waals surface area contributed by atoms with Gasteiger partial charge in [0.2, 0.25) is 5.91 Å². The van der Waals surface area contributed by atoms with E-state index < -0.39 is 0 Å². The lowest BCUT2D eigenvalue weighted by Crippen LogP contribution is -2.38. The minimum atomic E-state index is -0.231. The number of halogens is 1. The molecule has 2 heterocycles. The number of hydrazine groups is 1. The zero-order valence-corrected chi connectivity index (χ0v) is 18.9. The topological polar surface area (TPSA) is 40.6 Å². The number of carbonyl (C=O) groups excluding carboxylic acids is 2. The number of nitrogens with zero attached hydrogens (tertiary/aromatic N) is 2. The van der Waals surface area contributed by atoms with Crippen LogP contribution < -0.4 is 0 Å². The second kappa shape index (κ2) is 7.32. The number of benzene rings is 2. The fourth-order valence-electron chi connectivity index (χ4n) is 5.29. The van der Waals surface area contributed by atoms with Crippen molar-refractivity contribution in [2.24, 2.45) is 5.92 Å². The summed E-state index contributed by atoms with van der Waals surface area (Å²) in [6, 6.07) is 15.9. The molecule has 2 aliphatic heterocycles. The highest BCUT2D eigenvalue weighted by atomic mass is 35.5. The predicted octanol–water partition coefficient (Wildman–Crippen LogP) is 5.18. The summed E-state index contributed by atoms with van der Waals surface area (Å²) in [5.41, 5.74) is 4.25. The number of fused-ring (bicyclic) bond motifs is 3. The molecule has 0 aromatic heterocycles. The van der Waals surface area contributed by atoms with Crippen molar-refractivity contribution in [3.05, 3.63) is 75.8 Å². The Labute approximate surface area is 188 Å². The van der Waals surface area contributed by atoms with Crippen molar-refractivity contribution < 1.29 is 9.59 Å². The molecule has 1 amide bonds. The Bertz CT molecular complexity index is 1070. The van der Waals surface area contributed by atoms with Crippen LogP contribution in [0.15, 0.2) is 54.1 Å². The molecular formula is C26H27ClN2O2. The summed E-state index contributed by atoms with van der Waals surface area (Å²) in [5.74, 6) is 0.0487. The Kier molecular flexibility index (Phi) is 4.83. The molecule has 3 fully saturated rings. The molecule has 31 heavy (non-hydrogen) atoms. The third-order valence-electron chi connectivity index (χ3n) is 6.85. The van der Waals surface area contributed by atoms with Gasteiger partial charge >= 0.3 is 0 Å². The summed E-state index contributed by atoms with van der Waals surface area (Å²) in [6.07, 6.45) is 3.13. The fraction of sp³-hybridized carbons (Fsp3) is 0.385. The lowest BCUT2D eigenvalue weighted by atomic mass is 9.86. The summed E-state index contributed by atoms with van der Waals surface area (Å²) in [5, 5.41) is 4.64. The minimum absolute atomic E-state index is 0.0942. The number of amides is 1. The van der Waals surface area contributed by atoms with Crippen molar-refractivity contribution in [3.63, 3.8) is 0 Å². The van der Waals surface area contributed by atoms with Gasteiger partial charge < -0.3 is 0 Å². The lowest BCUT2D eigenvalue weighted by Gasteiger charge is -2.28. The first-order chi connectivity index (χ1) is 14.7. The molecule has 5 rings (SSSR count). The third-order valence-corrected chi connectivity index (χ3v) is 7.11. The monoisotopic (exact) mass is 434 g/mol. The van der Waals surface area contributed by atoms with Crippen molar-refractivity contribution in [2.75, 3.05) is 6.54 Å². The van der Waals surface area contributed by atoms with E-state index in [4.69, 9.17) is 11.6 Å². The van der Waals surface area contributed by atoms with Gasteiger partial charge in [-0.1, -0.05) is 68.8 Å². The highest BCUT2D eigenvalue weighted by Crippen LogP contribution is 2.51. The Morgan fingerprint density at radius 3 is 2.32 bits per heavy atom. The molecule has 3 aliphatic rings. The smallest absolute Gasteiger partial charge is 0.238 e. The van der Waals surface area contributed by atoms with Gasteiger partial charge in [0.15, 0.2) is 5.78 Å². The molecule has 3 unspecified atom stereocenters. The van der Waals surface area contributed by atoms with E-state index >= 15 is 0 Å². The summed E-state index contributed by atoms with van der Waals surface area (Å²) in [4.78, 5) is 26.2. The average Bonchev–Trinajstić information content (AvgIpc) is 3.35. The predicted molar refractivity (Wildman–Crippen MR) is 122 cm³/mol.